The molecule has 0 radical (unpaired) electrons. The fourth-order valence-corrected chi connectivity index (χ4v) is 2.62. The third-order valence-electron chi connectivity index (χ3n) is 3.69. The van der Waals surface area contributed by atoms with Gasteiger partial charge in [0, 0.05) is 11.6 Å². The molecule has 0 unspecified atom stereocenters. The molecule has 0 bridgehead atoms. The second-order valence-electron chi connectivity index (χ2n) is 5.55. The molecule has 0 aliphatic heterocycles. The zero-order valence-electron chi connectivity index (χ0n) is 11.0. The molecule has 1 saturated carbocycles. The van der Waals surface area contributed by atoms with E-state index >= 15 is 0 Å². The highest BCUT2D eigenvalue weighted by Crippen LogP contribution is 2.44. The van der Waals surface area contributed by atoms with Gasteiger partial charge in [-0.15, -0.1) is 0 Å². The quantitative estimate of drug-likeness (QED) is 0.887. The highest BCUT2D eigenvalue weighted by molar-refractivity contribution is 6.30. The monoisotopic (exact) mass is 265 g/mol. The predicted octanol–water partition coefficient (Wildman–Crippen LogP) is 3.53. The van der Waals surface area contributed by atoms with Gasteiger partial charge in [-0.05, 0) is 36.5 Å². The third kappa shape index (κ3) is 2.54. The van der Waals surface area contributed by atoms with Crippen LogP contribution < -0.4 is 5.32 Å². The Morgan fingerprint density at radius 1 is 1.44 bits per heavy atom. The highest BCUT2D eigenvalue weighted by atomic mass is 35.5. The lowest BCUT2D eigenvalue weighted by Gasteiger charge is -2.41. The van der Waals surface area contributed by atoms with Gasteiger partial charge in [0.05, 0.1) is 5.41 Å². The summed E-state index contributed by atoms with van der Waals surface area (Å²) in [5.74, 6) is 0.634. The van der Waals surface area contributed by atoms with Crippen LogP contribution in [0.25, 0.3) is 0 Å². The van der Waals surface area contributed by atoms with E-state index < -0.39 is 0 Å². The molecule has 0 heterocycles. The Balaban J connectivity index is 2.18. The van der Waals surface area contributed by atoms with Gasteiger partial charge < -0.3 is 5.32 Å². The SMILES string of the molecule is CC(C)CNC(=O)C1(c2cccc(Cl)c2)CCC1. The van der Waals surface area contributed by atoms with Gasteiger partial charge in [0.25, 0.3) is 0 Å². The first kappa shape index (κ1) is 13.4. The average Bonchev–Trinajstić information content (AvgIpc) is 2.25. The number of benzene rings is 1. The normalized spacial score (nSPS) is 17.3. The Labute approximate surface area is 114 Å². The van der Waals surface area contributed by atoms with Crippen molar-refractivity contribution >= 4 is 17.5 Å². The second-order valence-corrected chi connectivity index (χ2v) is 5.99. The summed E-state index contributed by atoms with van der Waals surface area (Å²) in [7, 11) is 0. The van der Waals surface area contributed by atoms with E-state index in [2.05, 4.69) is 19.2 Å². The zero-order chi connectivity index (χ0) is 13.2. The largest absolute Gasteiger partial charge is 0.355 e. The molecule has 2 nitrogen and oxygen atoms in total. The predicted molar refractivity (Wildman–Crippen MR) is 74.8 cm³/mol. The van der Waals surface area contributed by atoms with Crippen molar-refractivity contribution < 1.29 is 4.79 Å². The van der Waals surface area contributed by atoms with Crippen LogP contribution in [0.2, 0.25) is 5.02 Å². The molecule has 18 heavy (non-hydrogen) atoms. The maximum Gasteiger partial charge on any atom is 0.230 e. The number of hydrogen-bond acceptors (Lipinski definition) is 1. The number of nitrogens with one attached hydrogen (secondary N) is 1. The molecule has 0 aromatic heterocycles. The molecule has 1 aliphatic rings. The molecular weight excluding hydrogens is 246 g/mol. The zero-order valence-corrected chi connectivity index (χ0v) is 11.8. The number of amides is 1. The van der Waals surface area contributed by atoms with Gasteiger partial charge in [-0.1, -0.05) is 44.0 Å². The lowest BCUT2D eigenvalue weighted by molar-refractivity contribution is -0.130. The van der Waals surface area contributed by atoms with Gasteiger partial charge in [-0.25, -0.2) is 0 Å². The van der Waals surface area contributed by atoms with Crippen LogP contribution in [0.15, 0.2) is 24.3 Å². The van der Waals surface area contributed by atoms with E-state index in [9.17, 15) is 4.79 Å². The Morgan fingerprint density at radius 3 is 2.67 bits per heavy atom. The lowest BCUT2D eigenvalue weighted by Crippen LogP contribution is -2.49. The van der Waals surface area contributed by atoms with Crippen LogP contribution in [0, 0.1) is 5.92 Å². The van der Waals surface area contributed by atoms with E-state index in [0.717, 1.165) is 31.4 Å². The van der Waals surface area contributed by atoms with Crippen molar-refractivity contribution in [1.29, 1.82) is 0 Å². The van der Waals surface area contributed by atoms with Gasteiger partial charge in [-0.2, -0.15) is 0 Å². The summed E-state index contributed by atoms with van der Waals surface area (Å²) >= 11 is 6.03. The summed E-state index contributed by atoms with van der Waals surface area (Å²) in [5.41, 5.74) is 0.724. The maximum absolute atomic E-state index is 12.4. The van der Waals surface area contributed by atoms with E-state index in [0.29, 0.717) is 10.9 Å². The van der Waals surface area contributed by atoms with Crippen molar-refractivity contribution in [2.45, 2.75) is 38.5 Å². The summed E-state index contributed by atoms with van der Waals surface area (Å²) in [6.07, 6.45) is 2.97. The van der Waals surface area contributed by atoms with Crippen molar-refractivity contribution in [1.82, 2.24) is 5.32 Å². The standard InChI is InChI=1S/C15H20ClNO/c1-11(2)10-17-14(18)15(7-4-8-15)12-5-3-6-13(16)9-12/h3,5-6,9,11H,4,7-8,10H2,1-2H3,(H,17,18). The molecule has 1 aliphatic carbocycles. The number of halogens is 1. The van der Waals surface area contributed by atoms with E-state index in [1.165, 1.54) is 0 Å². The minimum Gasteiger partial charge on any atom is -0.355 e. The molecule has 98 valence electrons. The lowest BCUT2D eigenvalue weighted by atomic mass is 9.64. The molecule has 0 saturated heterocycles. The summed E-state index contributed by atoms with van der Waals surface area (Å²) in [4.78, 5) is 12.4. The Kier molecular flexibility index (Phi) is 3.96. The number of rotatable bonds is 4. The van der Waals surface area contributed by atoms with Crippen molar-refractivity contribution in [3.8, 4) is 0 Å². The summed E-state index contributed by atoms with van der Waals surface area (Å²) in [5, 5.41) is 3.76. The fourth-order valence-electron chi connectivity index (χ4n) is 2.43. The van der Waals surface area contributed by atoms with E-state index in [4.69, 9.17) is 11.6 Å². The molecule has 1 amide bonds. The van der Waals surface area contributed by atoms with Gasteiger partial charge in [0.2, 0.25) is 5.91 Å². The van der Waals surface area contributed by atoms with Crippen molar-refractivity contribution in [2.75, 3.05) is 6.54 Å². The van der Waals surface area contributed by atoms with Gasteiger partial charge in [0.1, 0.15) is 0 Å². The van der Waals surface area contributed by atoms with Crippen molar-refractivity contribution in [3.05, 3.63) is 34.9 Å². The third-order valence-corrected chi connectivity index (χ3v) is 3.92. The first-order valence-corrected chi connectivity index (χ1v) is 6.97. The number of carbonyl (C=O) groups excluding carboxylic acids is 1. The van der Waals surface area contributed by atoms with Crippen LogP contribution in [0.4, 0.5) is 0 Å². The van der Waals surface area contributed by atoms with Crippen LogP contribution in [0.3, 0.4) is 0 Å². The van der Waals surface area contributed by atoms with Crippen molar-refractivity contribution in [3.63, 3.8) is 0 Å². The first-order chi connectivity index (χ1) is 8.54. The van der Waals surface area contributed by atoms with Gasteiger partial charge in [-0.3, -0.25) is 4.79 Å². The molecule has 1 aromatic rings. The highest BCUT2D eigenvalue weighted by Gasteiger charge is 2.45. The van der Waals surface area contributed by atoms with Gasteiger partial charge in [0.15, 0.2) is 0 Å². The molecule has 1 aromatic carbocycles. The number of carbonyl (C=O) groups is 1. The maximum atomic E-state index is 12.4. The van der Waals surface area contributed by atoms with E-state index in [1.54, 1.807) is 0 Å². The topological polar surface area (TPSA) is 29.1 Å². The van der Waals surface area contributed by atoms with Gasteiger partial charge >= 0.3 is 0 Å². The minimum atomic E-state index is -0.334. The molecule has 0 atom stereocenters. The molecular formula is C15H20ClNO. The van der Waals surface area contributed by atoms with Crippen molar-refractivity contribution in [2.24, 2.45) is 5.92 Å². The second kappa shape index (κ2) is 5.31. The average molecular weight is 266 g/mol. The minimum absolute atomic E-state index is 0.157. The fraction of sp³-hybridized carbons (Fsp3) is 0.533. The Bertz CT molecular complexity index is 438. The van der Waals surface area contributed by atoms with Crippen LogP contribution >= 0.6 is 11.6 Å². The summed E-state index contributed by atoms with van der Waals surface area (Å²) in [6.45, 7) is 4.95. The smallest absolute Gasteiger partial charge is 0.230 e. The Hall–Kier alpha value is -1.02. The first-order valence-electron chi connectivity index (χ1n) is 6.59. The number of hydrogen-bond donors (Lipinski definition) is 1. The molecule has 3 heteroatoms. The molecule has 2 rings (SSSR count). The molecule has 0 spiro atoms. The molecule has 1 N–H and O–H groups in total. The summed E-state index contributed by atoms with van der Waals surface area (Å²) in [6, 6.07) is 7.71. The van der Waals surface area contributed by atoms with Crippen LogP contribution in [0.1, 0.15) is 38.7 Å². The van der Waals surface area contributed by atoms with Crippen LogP contribution in [0.5, 0.6) is 0 Å². The summed E-state index contributed by atoms with van der Waals surface area (Å²) < 4.78 is 0. The van der Waals surface area contributed by atoms with E-state index in [1.807, 2.05) is 24.3 Å². The van der Waals surface area contributed by atoms with E-state index in [-0.39, 0.29) is 11.3 Å². The van der Waals surface area contributed by atoms with Crippen LogP contribution in [-0.2, 0) is 10.2 Å². The molecule has 1 fully saturated rings. The Morgan fingerprint density at radius 2 is 2.17 bits per heavy atom. The van der Waals surface area contributed by atoms with Crippen LogP contribution in [-0.4, -0.2) is 12.5 Å².